The molecule has 6 nitrogen and oxygen atoms in total. The Morgan fingerprint density at radius 1 is 1.15 bits per heavy atom. The number of para-hydroxylation sites is 2. The van der Waals surface area contributed by atoms with Crippen LogP contribution < -0.4 is 9.54 Å². The zero-order valence-corrected chi connectivity index (χ0v) is 16.1. The number of halogens is 1. The SMILES string of the molecule is CCOC(=O)Cn1c(=NC(=O)COc2ccccc2)sc2cccc(Cl)c21. The normalized spacial score (nSPS) is 11.6. The van der Waals surface area contributed by atoms with Crippen LogP contribution in [0, 0.1) is 0 Å². The molecule has 1 aromatic heterocycles. The fraction of sp³-hybridized carbons (Fsp3) is 0.211. The summed E-state index contributed by atoms with van der Waals surface area (Å²) in [6.45, 7) is 1.72. The minimum absolute atomic E-state index is 0.0801. The van der Waals surface area contributed by atoms with Gasteiger partial charge in [0.1, 0.15) is 12.3 Å². The molecule has 1 amide bonds. The largest absolute Gasteiger partial charge is 0.484 e. The molecule has 3 rings (SSSR count). The van der Waals surface area contributed by atoms with Crippen molar-refractivity contribution in [2.75, 3.05) is 13.2 Å². The number of fused-ring (bicyclic) bond motifs is 1. The molecular formula is C19H17ClN2O4S. The van der Waals surface area contributed by atoms with Crippen molar-refractivity contribution < 1.29 is 19.1 Å². The highest BCUT2D eigenvalue weighted by molar-refractivity contribution is 7.16. The van der Waals surface area contributed by atoms with E-state index in [0.717, 1.165) is 4.70 Å². The molecular weight excluding hydrogens is 388 g/mol. The van der Waals surface area contributed by atoms with Crippen molar-refractivity contribution in [3.63, 3.8) is 0 Å². The van der Waals surface area contributed by atoms with Crippen LogP contribution in [0.3, 0.4) is 0 Å². The Hall–Kier alpha value is -2.64. The Bertz CT molecular complexity index is 1030. The highest BCUT2D eigenvalue weighted by atomic mass is 35.5. The molecule has 8 heteroatoms. The Morgan fingerprint density at radius 2 is 1.93 bits per heavy atom. The second kappa shape index (κ2) is 8.83. The average molecular weight is 405 g/mol. The molecule has 0 saturated carbocycles. The van der Waals surface area contributed by atoms with Gasteiger partial charge < -0.3 is 14.0 Å². The Morgan fingerprint density at radius 3 is 2.67 bits per heavy atom. The molecule has 0 bridgehead atoms. The first kappa shape index (κ1) is 19.1. The van der Waals surface area contributed by atoms with Crippen molar-refractivity contribution in [2.24, 2.45) is 4.99 Å². The van der Waals surface area contributed by atoms with E-state index < -0.39 is 11.9 Å². The van der Waals surface area contributed by atoms with Gasteiger partial charge in [-0.3, -0.25) is 9.59 Å². The molecule has 0 fully saturated rings. The second-order valence-corrected chi connectivity index (χ2v) is 6.89. The van der Waals surface area contributed by atoms with Crippen LogP contribution in [0.5, 0.6) is 5.75 Å². The lowest BCUT2D eigenvalue weighted by atomic mass is 10.3. The number of aromatic nitrogens is 1. The number of hydrogen-bond acceptors (Lipinski definition) is 5. The first-order valence-corrected chi connectivity index (χ1v) is 9.47. The number of hydrogen-bond donors (Lipinski definition) is 0. The molecule has 2 aromatic carbocycles. The third kappa shape index (κ3) is 4.75. The summed E-state index contributed by atoms with van der Waals surface area (Å²) >= 11 is 7.57. The summed E-state index contributed by atoms with van der Waals surface area (Å²) in [5, 5.41) is 0.475. The van der Waals surface area contributed by atoms with Crippen LogP contribution in [0.25, 0.3) is 10.2 Å². The Labute approximate surface area is 164 Å². The first-order valence-electron chi connectivity index (χ1n) is 8.27. The van der Waals surface area contributed by atoms with Crippen LogP contribution >= 0.6 is 22.9 Å². The number of amides is 1. The number of esters is 1. The number of nitrogens with zero attached hydrogens (tertiary/aromatic N) is 2. The van der Waals surface area contributed by atoms with Crippen LogP contribution in [0.4, 0.5) is 0 Å². The number of carbonyl (C=O) groups is 2. The monoisotopic (exact) mass is 404 g/mol. The summed E-state index contributed by atoms with van der Waals surface area (Å²) in [4.78, 5) is 28.7. The molecule has 0 spiro atoms. The lowest BCUT2D eigenvalue weighted by Gasteiger charge is -2.06. The molecule has 140 valence electrons. The smallest absolute Gasteiger partial charge is 0.326 e. The van der Waals surface area contributed by atoms with E-state index in [1.54, 1.807) is 35.8 Å². The molecule has 0 radical (unpaired) electrons. The van der Waals surface area contributed by atoms with E-state index in [1.165, 1.54) is 11.3 Å². The van der Waals surface area contributed by atoms with Crippen LogP contribution in [0.2, 0.25) is 5.02 Å². The van der Waals surface area contributed by atoms with Crippen LogP contribution in [-0.2, 0) is 20.9 Å². The van der Waals surface area contributed by atoms with Gasteiger partial charge in [0.05, 0.1) is 21.8 Å². The van der Waals surface area contributed by atoms with Crippen LogP contribution in [0.1, 0.15) is 6.92 Å². The number of benzene rings is 2. The van der Waals surface area contributed by atoms with Gasteiger partial charge in [0.2, 0.25) is 0 Å². The van der Waals surface area contributed by atoms with Gasteiger partial charge >= 0.3 is 5.97 Å². The predicted molar refractivity (Wildman–Crippen MR) is 104 cm³/mol. The van der Waals surface area contributed by atoms with Crippen molar-refractivity contribution in [1.82, 2.24) is 4.57 Å². The van der Waals surface area contributed by atoms with Gasteiger partial charge in [-0.1, -0.05) is 47.2 Å². The van der Waals surface area contributed by atoms with Crippen molar-refractivity contribution in [3.8, 4) is 5.75 Å². The topological polar surface area (TPSA) is 69.9 Å². The first-order chi connectivity index (χ1) is 13.1. The molecule has 27 heavy (non-hydrogen) atoms. The van der Waals surface area contributed by atoms with Gasteiger partial charge in [-0.15, -0.1) is 0 Å². The standard InChI is InChI=1S/C19H17ClN2O4S/c1-2-25-17(24)11-22-18-14(20)9-6-10-15(18)27-19(22)21-16(23)12-26-13-7-4-3-5-8-13/h3-10H,2,11-12H2,1H3. The van der Waals surface area contributed by atoms with E-state index in [4.69, 9.17) is 21.1 Å². The van der Waals surface area contributed by atoms with Crippen molar-refractivity contribution in [2.45, 2.75) is 13.5 Å². The van der Waals surface area contributed by atoms with Crippen molar-refractivity contribution in [1.29, 1.82) is 0 Å². The Kier molecular flexibility index (Phi) is 6.26. The summed E-state index contributed by atoms with van der Waals surface area (Å²) in [6, 6.07) is 14.4. The van der Waals surface area contributed by atoms with Gasteiger partial charge in [-0.05, 0) is 31.2 Å². The van der Waals surface area contributed by atoms with E-state index in [1.807, 2.05) is 24.3 Å². The fourth-order valence-corrected chi connectivity index (χ4v) is 3.86. The van der Waals surface area contributed by atoms with Gasteiger partial charge in [-0.25, -0.2) is 0 Å². The second-order valence-electron chi connectivity index (χ2n) is 5.47. The molecule has 0 atom stereocenters. The number of rotatable bonds is 6. The molecule has 0 aliphatic rings. The molecule has 0 N–H and O–H groups in total. The van der Waals surface area contributed by atoms with E-state index in [-0.39, 0.29) is 19.8 Å². The minimum Gasteiger partial charge on any atom is -0.484 e. The van der Waals surface area contributed by atoms with Gasteiger partial charge in [0.15, 0.2) is 11.4 Å². The minimum atomic E-state index is -0.459. The molecule has 0 saturated heterocycles. The number of ether oxygens (including phenoxy) is 2. The number of carbonyl (C=O) groups excluding carboxylic acids is 2. The van der Waals surface area contributed by atoms with E-state index in [2.05, 4.69) is 4.99 Å². The quantitative estimate of drug-likeness (QED) is 0.590. The molecule has 0 aliphatic heterocycles. The van der Waals surface area contributed by atoms with Crippen molar-refractivity contribution >= 4 is 45.0 Å². The third-order valence-corrected chi connectivity index (χ3v) is 4.92. The summed E-state index contributed by atoms with van der Waals surface area (Å²) in [5.74, 6) is -0.300. The zero-order valence-electron chi connectivity index (χ0n) is 14.6. The molecule has 0 aliphatic carbocycles. The highest BCUT2D eigenvalue weighted by Gasteiger charge is 2.14. The summed E-state index contributed by atoms with van der Waals surface area (Å²) in [6.07, 6.45) is 0. The summed E-state index contributed by atoms with van der Waals surface area (Å²) < 4.78 is 12.9. The van der Waals surface area contributed by atoms with Crippen LogP contribution in [-0.4, -0.2) is 29.7 Å². The van der Waals surface area contributed by atoms with Gasteiger partial charge in [0.25, 0.3) is 5.91 Å². The lowest BCUT2D eigenvalue weighted by Crippen LogP contribution is -2.24. The van der Waals surface area contributed by atoms with Crippen LogP contribution in [0.15, 0.2) is 53.5 Å². The maximum absolute atomic E-state index is 12.3. The zero-order chi connectivity index (χ0) is 19.2. The summed E-state index contributed by atoms with van der Waals surface area (Å²) in [5.41, 5.74) is 0.646. The summed E-state index contributed by atoms with van der Waals surface area (Å²) in [7, 11) is 0. The Balaban J connectivity index is 1.92. The van der Waals surface area contributed by atoms with E-state index in [9.17, 15) is 9.59 Å². The van der Waals surface area contributed by atoms with Gasteiger partial charge in [-0.2, -0.15) is 4.99 Å². The van der Waals surface area contributed by atoms with Gasteiger partial charge in [0, 0.05) is 0 Å². The fourth-order valence-electron chi connectivity index (χ4n) is 2.46. The molecule has 3 aromatic rings. The van der Waals surface area contributed by atoms with E-state index >= 15 is 0 Å². The maximum atomic E-state index is 12.3. The maximum Gasteiger partial charge on any atom is 0.326 e. The molecule has 0 unspecified atom stereocenters. The van der Waals surface area contributed by atoms with Crippen molar-refractivity contribution in [3.05, 3.63) is 58.4 Å². The average Bonchev–Trinajstić information content (AvgIpc) is 2.99. The highest BCUT2D eigenvalue weighted by Crippen LogP contribution is 2.25. The predicted octanol–water partition coefficient (Wildman–Crippen LogP) is 3.43. The van der Waals surface area contributed by atoms with E-state index in [0.29, 0.717) is 21.1 Å². The number of thiazole rings is 1. The molecule has 1 heterocycles. The third-order valence-electron chi connectivity index (χ3n) is 3.57. The lowest BCUT2D eigenvalue weighted by molar-refractivity contribution is -0.143.